The fourth-order valence-corrected chi connectivity index (χ4v) is 5.16. The van der Waals surface area contributed by atoms with E-state index >= 15 is 0 Å². The number of amides is 1. The van der Waals surface area contributed by atoms with Gasteiger partial charge in [0.15, 0.2) is 10.9 Å². The first-order valence-corrected chi connectivity index (χ1v) is 12.5. The highest BCUT2D eigenvalue weighted by Crippen LogP contribution is 2.34. The van der Waals surface area contributed by atoms with Crippen molar-refractivity contribution in [2.24, 2.45) is 0 Å². The molecular formula is C21H19Cl2N5O3S2. The maximum atomic E-state index is 12.3. The molecule has 0 radical (unpaired) electrons. The van der Waals surface area contributed by atoms with Crippen molar-refractivity contribution in [3.05, 3.63) is 62.7 Å². The van der Waals surface area contributed by atoms with Crippen LogP contribution in [0.1, 0.15) is 21.9 Å². The van der Waals surface area contributed by atoms with Gasteiger partial charge in [-0.2, -0.15) is 0 Å². The van der Waals surface area contributed by atoms with E-state index in [1.807, 2.05) is 4.57 Å². The minimum absolute atomic E-state index is 0.199. The summed E-state index contributed by atoms with van der Waals surface area (Å²) in [5.74, 6) is 1.38. The third-order valence-electron chi connectivity index (χ3n) is 4.45. The Morgan fingerprint density at radius 2 is 2.18 bits per heavy atom. The van der Waals surface area contributed by atoms with E-state index in [2.05, 4.69) is 20.5 Å². The second kappa shape index (κ2) is 11.2. The molecule has 3 heterocycles. The van der Waals surface area contributed by atoms with E-state index in [0.29, 0.717) is 57.1 Å². The number of benzene rings is 1. The fraction of sp³-hybridized carbons (Fsp3) is 0.238. The molecule has 1 N–H and O–H groups in total. The molecule has 4 aromatic rings. The van der Waals surface area contributed by atoms with Gasteiger partial charge in [0, 0.05) is 30.7 Å². The predicted octanol–water partition coefficient (Wildman–Crippen LogP) is 5.35. The lowest BCUT2D eigenvalue weighted by Gasteiger charge is -2.11. The number of nitrogens with one attached hydrogen (secondary N) is 1. The van der Waals surface area contributed by atoms with Crippen molar-refractivity contribution < 1.29 is 13.9 Å². The molecule has 8 nitrogen and oxygen atoms in total. The third-order valence-corrected chi connectivity index (χ3v) is 6.96. The van der Waals surface area contributed by atoms with Gasteiger partial charge in [-0.3, -0.25) is 9.36 Å². The van der Waals surface area contributed by atoms with Crippen LogP contribution < -0.4 is 5.32 Å². The topological polar surface area (TPSA) is 95.1 Å². The summed E-state index contributed by atoms with van der Waals surface area (Å²) in [6.45, 7) is 1.13. The third kappa shape index (κ3) is 5.77. The molecule has 0 saturated heterocycles. The van der Waals surface area contributed by atoms with Gasteiger partial charge in [0.2, 0.25) is 5.82 Å². The van der Waals surface area contributed by atoms with Crippen molar-refractivity contribution in [1.82, 2.24) is 25.1 Å². The van der Waals surface area contributed by atoms with Crippen molar-refractivity contribution in [3.8, 4) is 17.3 Å². The van der Waals surface area contributed by atoms with E-state index in [1.165, 1.54) is 23.1 Å². The fourth-order valence-electron chi connectivity index (χ4n) is 2.93. The van der Waals surface area contributed by atoms with Crippen LogP contribution in [0.3, 0.4) is 0 Å². The Balaban J connectivity index is 1.52. The summed E-state index contributed by atoms with van der Waals surface area (Å²) in [4.78, 5) is 16.7. The zero-order chi connectivity index (χ0) is 23.2. The van der Waals surface area contributed by atoms with Gasteiger partial charge in [0.25, 0.3) is 5.91 Å². The largest absolute Gasteiger partial charge is 0.461 e. The quantitative estimate of drug-likeness (QED) is 0.221. The van der Waals surface area contributed by atoms with Crippen LogP contribution in [0.15, 0.2) is 51.5 Å². The van der Waals surface area contributed by atoms with Gasteiger partial charge in [0.1, 0.15) is 10.7 Å². The Labute approximate surface area is 208 Å². The Morgan fingerprint density at radius 1 is 1.30 bits per heavy atom. The lowest BCUT2D eigenvalue weighted by atomic mass is 10.3. The number of aromatic nitrogens is 4. The molecule has 0 atom stereocenters. The molecule has 0 bridgehead atoms. The van der Waals surface area contributed by atoms with Gasteiger partial charge in [-0.05, 0) is 36.8 Å². The molecule has 3 aromatic heterocycles. The number of carbonyl (C=O) groups is 1. The molecule has 1 amide bonds. The van der Waals surface area contributed by atoms with E-state index in [-0.39, 0.29) is 5.91 Å². The monoisotopic (exact) mass is 523 g/mol. The second-order valence-electron chi connectivity index (χ2n) is 6.73. The number of thioether (sulfide) groups is 1. The molecule has 0 aliphatic rings. The average molecular weight is 524 g/mol. The number of thiazole rings is 1. The van der Waals surface area contributed by atoms with Crippen LogP contribution in [0.25, 0.3) is 17.3 Å². The standard InChI is InChI=1S/C21H19Cl2N5O3S2/c1-30-8-3-7-24-20(29)15-11-32-18(25-15)12-33-21-27-26-19(17-4-2-9-31-17)28(21)16-6-5-13(22)10-14(16)23/h2,4-6,9-11H,3,7-8,12H2,1H3,(H,24,29). The summed E-state index contributed by atoms with van der Waals surface area (Å²) in [6, 6.07) is 8.80. The second-order valence-corrected chi connectivity index (χ2v) is 9.46. The van der Waals surface area contributed by atoms with Crippen LogP contribution in [0.4, 0.5) is 0 Å². The molecule has 172 valence electrons. The van der Waals surface area contributed by atoms with Crippen LogP contribution in [0.5, 0.6) is 0 Å². The minimum Gasteiger partial charge on any atom is -0.461 e. The average Bonchev–Trinajstić information content (AvgIpc) is 3.56. The Kier molecular flexibility index (Phi) is 8.05. The van der Waals surface area contributed by atoms with Crippen LogP contribution >= 0.6 is 46.3 Å². The van der Waals surface area contributed by atoms with Gasteiger partial charge < -0.3 is 14.5 Å². The number of hydrogen-bond donors (Lipinski definition) is 1. The predicted molar refractivity (Wildman–Crippen MR) is 130 cm³/mol. The first kappa shape index (κ1) is 23.8. The highest BCUT2D eigenvalue weighted by atomic mass is 35.5. The van der Waals surface area contributed by atoms with E-state index in [4.69, 9.17) is 32.4 Å². The van der Waals surface area contributed by atoms with Crippen LogP contribution in [0.2, 0.25) is 10.0 Å². The first-order chi connectivity index (χ1) is 16.1. The molecule has 12 heteroatoms. The molecule has 0 spiro atoms. The van der Waals surface area contributed by atoms with Crippen molar-refractivity contribution in [2.45, 2.75) is 17.3 Å². The number of carbonyl (C=O) groups excluding carboxylic acids is 1. The summed E-state index contributed by atoms with van der Waals surface area (Å²) in [5, 5.41) is 15.6. The summed E-state index contributed by atoms with van der Waals surface area (Å²) in [7, 11) is 1.63. The lowest BCUT2D eigenvalue weighted by Crippen LogP contribution is -2.25. The smallest absolute Gasteiger partial charge is 0.270 e. The summed E-state index contributed by atoms with van der Waals surface area (Å²) in [6.07, 6.45) is 2.32. The van der Waals surface area contributed by atoms with Crippen molar-refractivity contribution >= 4 is 52.2 Å². The van der Waals surface area contributed by atoms with E-state index < -0.39 is 0 Å². The van der Waals surface area contributed by atoms with Gasteiger partial charge >= 0.3 is 0 Å². The Hall–Kier alpha value is -2.37. The Bertz CT molecular complexity index is 1230. The lowest BCUT2D eigenvalue weighted by molar-refractivity contribution is 0.0944. The SMILES string of the molecule is COCCCNC(=O)c1csc(CSc2nnc(-c3ccco3)n2-c2ccc(Cl)cc2Cl)n1. The number of ether oxygens (including phenoxy) is 1. The number of rotatable bonds is 10. The number of halogens is 2. The number of furan rings is 1. The number of nitrogens with zero attached hydrogens (tertiary/aromatic N) is 4. The van der Waals surface area contributed by atoms with E-state index in [1.54, 1.807) is 49.1 Å². The normalized spacial score (nSPS) is 11.1. The molecule has 4 rings (SSSR count). The van der Waals surface area contributed by atoms with Gasteiger partial charge in [-0.1, -0.05) is 35.0 Å². The van der Waals surface area contributed by atoms with E-state index in [0.717, 1.165) is 11.4 Å². The van der Waals surface area contributed by atoms with Crippen molar-refractivity contribution in [3.63, 3.8) is 0 Å². The first-order valence-electron chi connectivity index (χ1n) is 9.86. The molecule has 0 fully saturated rings. The van der Waals surface area contributed by atoms with Crippen LogP contribution in [0, 0.1) is 0 Å². The van der Waals surface area contributed by atoms with Gasteiger partial charge in [-0.15, -0.1) is 21.5 Å². The van der Waals surface area contributed by atoms with Crippen LogP contribution in [-0.2, 0) is 10.5 Å². The molecule has 1 aromatic carbocycles. The molecular weight excluding hydrogens is 505 g/mol. The van der Waals surface area contributed by atoms with Gasteiger partial charge in [0.05, 0.1) is 22.7 Å². The van der Waals surface area contributed by atoms with E-state index in [9.17, 15) is 4.79 Å². The summed E-state index contributed by atoms with van der Waals surface area (Å²) >= 11 is 15.4. The molecule has 0 saturated carbocycles. The zero-order valence-electron chi connectivity index (χ0n) is 17.5. The highest BCUT2D eigenvalue weighted by molar-refractivity contribution is 7.98. The maximum Gasteiger partial charge on any atom is 0.270 e. The number of hydrogen-bond acceptors (Lipinski definition) is 8. The highest BCUT2D eigenvalue weighted by Gasteiger charge is 2.21. The van der Waals surface area contributed by atoms with Crippen molar-refractivity contribution in [2.75, 3.05) is 20.3 Å². The summed E-state index contributed by atoms with van der Waals surface area (Å²) < 4.78 is 12.3. The molecule has 0 unspecified atom stereocenters. The molecule has 0 aliphatic heterocycles. The number of methoxy groups -OCH3 is 1. The Morgan fingerprint density at radius 3 is 2.94 bits per heavy atom. The van der Waals surface area contributed by atoms with Crippen molar-refractivity contribution in [1.29, 1.82) is 0 Å². The zero-order valence-corrected chi connectivity index (χ0v) is 20.6. The maximum absolute atomic E-state index is 12.3. The molecule has 0 aliphatic carbocycles. The van der Waals surface area contributed by atoms with Gasteiger partial charge in [-0.25, -0.2) is 4.98 Å². The summed E-state index contributed by atoms with van der Waals surface area (Å²) in [5.41, 5.74) is 1.07. The van der Waals surface area contributed by atoms with Crippen LogP contribution in [-0.4, -0.2) is 45.9 Å². The molecule has 33 heavy (non-hydrogen) atoms. The minimum atomic E-state index is -0.199.